The first-order valence-corrected chi connectivity index (χ1v) is 7.10. The van der Waals surface area contributed by atoms with Crippen LogP contribution in [0, 0.1) is 5.82 Å². The lowest BCUT2D eigenvalue weighted by atomic mass is 9.94. The van der Waals surface area contributed by atoms with E-state index in [0.717, 1.165) is 6.54 Å². The summed E-state index contributed by atoms with van der Waals surface area (Å²) in [5.41, 5.74) is 1.17. The third kappa shape index (κ3) is 3.52. The second-order valence-electron chi connectivity index (χ2n) is 4.96. The van der Waals surface area contributed by atoms with Crippen molar-refractivity contribution in [3.63, 3.8) is 0 Å². The maximum atomic E-state index is 13.1. The standard InChI is InChI=1S/C14H19BrFN/c1-17(12-5-3-2-4-6-12)10-11-7-8-14(16)13(15)9-11/h7-9,12H,2-6,10H2,1H3. The van der Waals surface area contributed by atoms with Crippen LogP contribution in [-0.2, 0) is 6.54 Å². The van der Waals surface area contributed by atoms with E-state index in [-0.39, 0.29) is 5.82 Å². The lowest BCUT2D eigenvalue weighted by molar-refractivity contribution is 0.184. The molecule has 1 aliphatic carbocycles. The number of rotatable bonds is 3. The zero-order valence-corrected chi connectivity index (χ0v) is 11.8. The number of halogens is 2. The smallest absolute Gasteiger partial charge is 0.137 e. The van der Waals surface area contributed by atoms with Crippen molar-refractivity contribution in [2.24, 2.45) is 0 Å². The van der Waals surface area contributed by atoms with E-state index in [0.29, 0.717) is 10.5 Å². The molecule has 0 aromatic heterocycles. The second kappa shape index (κ2) is 5.96. The Morgan fingerprint density at radius 3 is 2.65 bits per heavy atom. The zero-order valence-electron chi connectivity index (χ0n) is 10.3. The maximum absolute atomic E-state index is 13.1. The third-order valence-corrected chi connectivity index (χ3v) is 4.22. The van der Waals surface area contributed by atoms with Gasteiger partial charge in [0.1, 0.15) is 5.82 Å². The van der Waals surface area contributed by atoms with Crippen LogP contribution in [0.1, 0.15) is 37.7 Å². The van der Waals surface area contributed by atoms with Gasteiger partial charge in [0.25, 0.3) is 0 Å². The molecular weight excluding hydrogens is 281 g/mol. The molecule has 2 rings (SSSR count). The van der Waals surface area contributed by atoms with Gasteiger partial charge in [-0.15, -0.1) is 0 Å². The first-order chi connectivity index (χ1) is 8.16. The molecule has 3 heteroatoms. The summed E-state index contributed by atoms with van der Waals surface area (Å²) < 4.78 is 13.7. The highest BCUT2D eigenvalue weighted by molar-refractivity contribution is 9.10. The van der Waals surface area contributed by atoms with Crippen molar-refractivity contribution in [3.05, 3.63) is 34.1 Å². The van der Waals surface area contributed by atoms with E-state index in [9.17, 15) is 4.39 Å². The average molecular weight is 300 g/mol. The van der Waals surface area contributed by atoms with Crippen molar-refractivity contribution in [3.8, 4) is 0 Å². The van der Waals surface area contributed by atoms with Crippen molar-refractivity contribution in [2.45, 2.75) is 44.7 Å². The van der Waals surface area contributed by atoms with Gasteiger partial charge in [-0.2, -0.15) is 0 Å². The number of hydrogen-bond acceptors (Lipinski definition) is 1. The highest BCUT2D eigenvalue weighted by atomic mass is 79.9. The molecule has 0 heterocycles. The minimum absolute atomic E-state index is 0.186. The molecule has 0 spiro atoms. The van der Waals surface area contributed by atoms with Gasteiger partial charge in [-0.05, 0) is 53.5 Å². The molecule has 0 bridgehead atoms. The van der Waals surface area contributed by atoms with Gasteiger partial charge in [0.05, 0.1) is 4.47 Å². The summed E-state index contributed by atoms with van der Waals surface area (Å²) in [7, 11) is 2.17. The summed E-state index contributed by atoms with van der Waals surface area (Å²) in [5, 5.41) is 0. The fourth-order valence-electron chi connectivity index (χ4n) is 2.58. The summed E-state index contributed by atoms with van der Waals surface area (Å²) in [4.78, 5) is 2.40. The molecule has 0 aliphatic heterocycles. The van der Waals surface area contributed by atoms with Gasteiger partial charge >= 0.3 is 0 Å². The molecule has 17 heavy (non-hydrogen) atoms. The molecular formula is C14H19BrFN. The molecule has 94 valence electrons. The Morgan fingerprint density at radius 2 is 2.00 bits per heavy atom. The Morgan fingerprint density at radius 1 is 1.29 bits per heavy atom. The van der Waals surface area contributed by atoms with Gasteiger partial charge in [0.2, 0.25) is 0 Å². The Hall–Kier alpha value is -0.410. The van der Waals surface area contributed by atoms with Crippen LogP contribution in [0.2, 0.25) is 0 Å². The topological polar surface area (TPSA) is 3.24 Å². The lowest BCUT2D eigenvalue weighted by Crippen LogP contribution is -2.32. The predicted molar refractivity (Wildman–Crippen MR) is 72.4 cm³/mol. The van der Waals surface area contributed by atoms with Gasteiger partial charge in [-0.1, -0.05) is 25.3 Å². The Balaban J connectivity index is 1.96. The van der Waals surface area contributed by atoms with Gasteiger partial charge in [0.15, 0.2) is 0 Å². The van der Waals surface area contributed by atoms with E-state index in [4.69, 9.17) is 0 Å². The van der Waals surface area contributed by atoms with Crippen molar-refractivity contribution in [2.75, 3.05) is 7.05 Å². The first-order valence-electron chi connectivity index (χ1n) is 6.31. The molecule has 1 aromatic rings. The van der Waals surface area contributed by atoms with Gasteiger partial charge < -0.3 is 0 Å². The minimum Gasteiger partial charge on any atom is -0.299 e. The van der Waals surface area contributed by atoms with Crippen LogP contribution in [0.15, 0.2) is 22.7 Å². The summed E-state index contributed by atoms with van der Waals surface area (Å²) >= 11 is 3.24. The SMILES string of the molecule is CN(Cc1ccc(F)c(Br)c1)C1CCCCC1. The minimum atomic E-state index is -0.186. The fourth-order valence-corrected chi connectivity index (χ4v) is 3.00. The van der Waals surface area contributed by atoms with Gasteiger partial charge in [-0.3, -0.25) is 4.90 Å². The highest BCUT2D eigenvalue weighted by Gasteiger charge is 2.18. The maximum Gasteiger partial charge on any atom is 0.137 e. The quantitative estimate of drug-likeness (QED) is 0.802. The van der Waals surface area contributed by atoms with Crippen LogP contribution >= 0.6 is 15.9 Å². The fraction of sp³-hybridized carbons (Fsp3) is 0.571. The molecule has 0 radical (unpaired) electrons. The number of hydrogen-bond donors (Lipinski definition) is 0. The summed E-state index contributed by atoms with van der Waals surface area (Å²) in [6, 6.07) is 6.00. The van der Waals surface area contributed by atoms with Gasteiger partial charge in [-0.25, -0.2) is 4.39 Å². The number of nitrogens with zero attached hydrogens (tertiary/aromatic N) is 1. The average Bonchev–Trinajstić information content (AvgIpc) is 2.35. The molecule has 0 N–H and O–H groups in total. The van der Waals surface area contributed by atoms with Crippen LogP contribution in [-0.4, -0.2) is 18.0 Å². The number of benzene rings is 1. The molecule has 1 fully saturated rings. The third-order valence-electron chi connectivity index (χ3n) is 3.61. The van der Waals surface area contributed by atoms with Crippen LogP contribution < -0.4 is 0 Å². The van der Waals surface area contributed by atoms with E-state index in [2.05, 4.69) is 27.9 Å². The van der Waals surface area contributed by atoms with Crippen molar-refractivity contribution in [1.29, 1.82) is 0 Å². The summed E-state index contributed by atoms with van der Waals surface area (Å²) in [6.07, 6.45) is 6.69. The molecule has 0 atom stereocenters. The Bertz CT molecular complexity index is 374. The molecule has 1 nitrogen and oxygen atoms in total. The van der Waals surface area contributed by atoms with Crippen molar-refractivity contribution >= 4 is 15.9 Å². The molecule has 1 aromatic carbocycles. The highest BCUT2D eigenvalue weighted by Crippen LogP contribution is 2.24. The van der Waals surface area contributed by atoms with E-state index in [1.54, 1.807) is 0 Å². The predicted octanol–water partition coefficient (Wildman–Crippen LogP) is 4.35. The second-order valence-corrected chi connectivity index (χ2v) is 5.81. The van der Waals surface area contributed by atoms with Crippen LogP contribution in [0.3, 0.4) is 0 Å². The van der Waals surface area contributed by atoms with Crippen molar-refractivity contribution in [1.82, 2.24) is 4.90 Å². The molecule has 0 amide bonds. The van der Waals surface area contributed by atoms with E-state index >= 15 is 0 Å². The van der Waals surface area contributed by atoms with Gasteiger partial charge in [0, 0.05) is 12.6 Å². The Labute approximate surface area is 111 Å². The molecule has 1 aliphatic rings. The van der Waals surface area contributed by atoms with E-state index in [1.807, 2.05) is 12.1 Å². The molecule has 0 unspecified atom stereocenters. The van der Waals surface area contributed by atoms with E-state index < -0.39 is 0 Å². The Kier molecular flexibility index (Phi) is 4.57. The van der Waals surface area contributed by atoms with Crippen LogP contribution in [0.25, 0.3) is 0 Å². The van der Waals surface area contributed by atoms with Crippen LogP contribution in [0.5, 0.6) is 0 Å². The zero-order chi connectivity index (χ0) is 12.3. The lowest BCUT2D eigenvalue weighted by Gasteiger charge is -2.31. The largest absolute Gasteiger partial charge is 0.299 e. The monoisotopic (exact) mass is 299 g/mol. The normalized spacial score (nSPS) is 17.6. The van der Waals surface area contributed by atoms with Crippen LogP contribution in [0.4, 0.5) is 4.39 Å². The first kappa shape index (κ1) is 13.0. The molecule has 0 saturated heterocycles. The van der Waals surface area contributed by atoms with Crippen molar-refractivity contribution < 1.29 is 4.39 Å². The van der Waals surface area contributed by atoms with E-state index in [1.165, 1.54) is 43.7 Å². The summed E-state index contributed by atoms with van der Waals surface area (Å²) in [6.45, 7) is 0.906. The summed E-state index contributed by atoms with van der Waals surface area (Å²) in [5.74, 6) is -0.186. The molecule has 1 saturated carbocycles.